The average molecular weight is 457 g/mol. The van der Waals surface area contributed by atoms with Gasteiger partial charge in [0.05, 0.1) is 11.4 Å². The van der Waals surface area contributed by atoms with Crippen LogP contribution in [0.2, 0.25) is 0 Å². The Morgan fingerprint density at radius 3 is 2.74 bits per heavy atom. The maximum absolute atomic E-state index is 14.1. The van der Waals surface area contributed by atoms with E-state index in [9.17, 15) is 9.59 Å². The maximum Gasteiger partial charge on any atom is 0.415 e. The second-order valence-corrected chi connectivity index (χ2v) is 10.4. The van der Waals surface area contributed by atoms with E-state index >= 15 is 0 Å². The van der Waals surface area contributed by atoms with Gasteiger partial charge < -0.3 is 9.64 Å². The molecule has 2 aromatic carbocycles. The molecule has 7 heteroatoms. The number of ether oxygens (including phenoxy) is 1. The molecular weight excluding hydrogens is 428 g/mol. The lowest BCUT2D eigenvalue weighted by atomic mass is 9.89. The number of para-hydroxylation sites is 1. The molecule has 6 rings (SSSR count). The fourth-order valence-electron chi connectivity index (χ4n) is 5.67. The lowest BCUT2D eigenvalue weighted by molar-refractivity contribution is -0.121. The Hall–Kier alpha value is -3.61. The van der Waals surface area contributed by atoms with Crippen molar-refractivity contribution < 1.29 is 14.3 Å². The molecule has 34 heavy (non-hydrogen) atoms. The van der Waals surface area contributed by atoms with Crippen molar-refractivity contribution in [3.63, 3.8) is 0 Å². The molecule has 0 radical (unpaired) electrons. The number of hydrogen-bond donors (Lipinski definition) is 1. The van der Waals surface area contributed by atoms with E-state index in [1.165, 1.54) is 11.1 Å². The molecule has 7 nitrogen and oxygen atoms in total. The van der Waals surface area contributed by atoms with E-state index in [4.69, 9.17) is 4.74 Å². The van der Waals surface area contributed by atoms with Crippen molar-refractivity contribution in [2.75, 3.05) is 16.3 Å². The first kappa shape index (κ1) is 21.0. The number of rotatable bonds is 1. The highest BCUT2D eigenvalue weighted by molar-refractivity contribution is 6.11. The van der Waals surface area contributed by atoms with Gasteiger partial charge in [0.25, 0.3) is 5.91 Å². The summed E-state index contributed by atoms with van der Waals surface area (Å²) in [4.78, 5) is 30.9. The quantitative estimate of drug-likeness (QED) is 0.578. The Balaban J connectivity index is 1.36. The molecule has 2 aliphatic heterocycles. The van der Waals surface area contributed by atoms with Gasteiger partial charge in [-0.05, 0) is 74.9 Å². The third-order valence-corrected chi connectivity index (χ3v) is 7.15. The minimum atomic E-state index is -0.959. The number of carbonyl (C=O) groups is 2. The molecular formula is C27H28N4O3. The Labute approximate surface area is 198 Å². The topological polar surface area (TPSA) is 78.5 Å². The molecule has 1 aliphatic carbocycles. The number of aryl methyl sites for hydroxylation is 2. The van der Waals surface area contributed by atoms with Crippen LogP contribution in [0.4, 0.5) is 16.2 Å². The number of nitrogens with one attached hydrogen (secondary N) is 1. The average Bonchev–Trinajstić information content (AvgIpc) is 3.48. The highest BCUT2D eigenvalue weighted by Gasteiger charge is 2.58. The zero-order chi connectivity index (χ0) is 23.7. The smallest absolute Gasteiger partial charge is 0.415 e. The van der Waals surface area contributed by atoms with Gasteiger partial charge in [0.2, 0.25) is 0 Å². The largest absolute Gasteiger partial charge is 0.443 e. The van der Waals surface area contributed by atoms with E-state index in [0.717, 1.165) is 41.0 Å². The van der Waals surface area contributed by atoms with Crippen molar-refractivity contribution in [2.45, 2.75) is 57.6 Å². The molecule has 1 aromatic heterocycles. The van der Waals surface area contributed by atoms with Gasteiger partial charge in [0.1, 0.15) is 11.1 Å². The zero-order valence-corrected chi connectivity index (χ0v) is 19.7. The van der Waals surface area contributed by atoms with E-state index in [-0.39, 0.29) is 5.91 Å². The lowest BCUT2D eigenvalue weighted by Gasteiger charge is -2.35. The molecule has 0 saturated carbocycles. The number of hydrogen-bond acceptors (Lipinski definition) is 4. The Bertz CT molecular complexity index is 1320. The zero-order valence-electron chi connectivity index (χ0n) is 19.7. The van der Waals surface area contributed by atoms with Crippen LogP contribution in [0.25, 0.3) is 11.1 Å². The number of anilines is 2. The van der Waals surface area contributed by atoms with Crippen LogP contribution < -0.4 is 9.80 Å². The van der Waals surface area contributed by atoms with Crippen molar-refractivity contribution in [1.82, 2.24) is 10.2 Å². The van der Waals surface area contributed by atoms with Crippen molar-refractivity contribution in [1.29, 1.82) is 0 Å². The summed E-state index contributed by atoms with van der Waals surface area (Å²) in [5.74, 6) is -0.0469. The predicted molar refractivity (Wildman–Crippen MR) is 130 cm³/mol. The molecule has 3 heterocycles. The third-order valence-electron chi connectivity index (χ3n) is 7.15. The van der Waals surface area contributed by atoms with Crippen LogP contribution in [0, 0.1) is 0 Å². The Morgan fingerprint density at radius 2 is 1.91 bits per heavy atom. The van der Waals surface area contributed by atoms with Crippen molar-refractivity contribution >= 4 is 23.4 Å². The van der Waals surface area contributed by atoms with Crippen LogP contribution in [0.15, 0.2) is 48.7 Å². The number of amides is 2. The lowest BCUT2D eigenvalue weighted by Crippen LogP contribution is -2.56. The molecule has 1 unspecified atom stereocenters. The van der Waals surface area contributed by atoms with Crippen LogP contribution in [-0.2, 0) is 28.8 Å². The van der Waals surface area contributed by atoms with Gasteiger partial charge in [-0.2, -0.15) is 5.10 Å². The summed E-state index contributed by atoms with van der Waals surface area (Å²) in [5.41, 5.74) is 5.66. The van der Waals surface area contributed by atoms with Crippen molar-refractivity contribution in [3.05, 3.63) is 65.5 Å². The monoisotopic (exact) mass is 456 g/mol. The summed E-state index contributed by atoms with van der Waals surface area (Å²) < 4.78 is 5.76. The van der Waals surface area contributed by atoms with E-state index in [0.29, 0.717) is 19.4 Å². The van der Waals surface area contributed by atoms with Gasteiger partial charge in [-0.3, -0.25) is 14.8 Å². The molecule has 3 aliphatic rings. The Kier molecular flexibility index (Phi) is 4.43. The van der Waals surface area contributed by atoms with Crippen LogP contribution in [0.5, 0.6) is 0 Å². The van der Waals surface area contributed by atoms with E-state index < -0.39 is 17.2 Å². The third kappa shape index (κ3) is 3.06. The molecule has 1 saturated heterocycles. The number of H-pyrrole nitrogens is 1. The van der Waals surface area contributed by atoms with Gasteiger partial charge >= 0.3 is 6.09 Å². The van der Waals surface area contributed by atoms with Crippen molar-refractivity contribution in [3.8, 4) is 11.1 Å². The summed E-state index contributed by atoms with van der Waals surface area (Å²) in [7, 11) is 0. The first-order valence-corrected chi connectivity index (χ1v) is 11.9. The Morgan fingerprint density at radius 1 is 1.09 bits per heavy atom. The first-order chi connectivity index (χ1) is 16.3. The number of nitrogens with zero attached hydrogens (tertiary/aromatic N) is 3. The van der Waals surface area contributed by atoms with E-state index in [1.807, 2.05) is 62.2 Å². The van der Waals surface area contributed by atoms with E-state index in [2.05, 4.69) is 22.3 Å². The van der Waals surface area contributed by atoms with E-state index in [1.54, 1.807) is 4.90 Å². The van der Waals surface area contributed by atoms with Crippen LogP contribution in [-0.4, -0.2) is 39.9 Å². The minimum absolute atomic E-state index is 0.0469. The number of carbonyl (C=O) groups excluding carboxylic acids is 2. The normalized spacial score (nSPS) is 21.0. The highest BCUT2D eigenvalue weighted by Crippen LogP contribution is 2.47. The second kappa shape index (κ2) is 7.19. The number of aromatic nitrogens is 2. The molecule has 2 amide bonds. The second-order valence-electron chi connectivity index (χ2n) is 10.4. The fourth-order valence-corrected chi connectivity index (χ4v) is 5.67. The van der Waals surface area contributed by atoms with Crippen molar-refractivity contribution in [2.24, 2.45) is 0 Å². The van der Waals surface area contributed by atoms with Gasteiger partial charge in [-0.25, -0.2) is 4.79 Å². The van der Waals surface area contributed by atoms with Gasteiger partial charge in [-0.15, -0.1) is 0 Å². The summed E-state index contributed by atoms with van der Waals surface area (Å²) in [5, 5.41) is 7.31. The highest BCUT2D eigenvalue weighted by atomic mass is 16.6. The van der Waals surface area contributed by atoms with Gasteiger partial charge in [0, 0.05) is 30.4 Å². The summed E-state index contributed by atoms with van der Waals surface area (Å²) in [6, 6.07) is 14.0. The molecule has 174 valence electrons. The number of benzene rings is 2. The number of fused-ring (bicyclic) bond motifs is 4. The van der Waals surface area contributed by atoms with Crippen LogP contribution in [0.1, 0.15) is 44.0 Å². The maximum atomic E-state index is 14.1. The van der Waals surface area contributed by atoms with Gasteiger partial charge in [-0.1, -0.05) is 24.3 Å². The SMILES string of the molecule is CC(C)(C)OC(=O)N1c2ccccc2CC12CCN(c1ccc3c(c1)CCc1n[nH]cc1-3)C2=O. The molecule has 1 fully saturated rings. The first-order valence-electron chi connectivity index (χ1n) is 11.9. The predicted octanol–water partition coefficient (Wildman–Crippen LogP) is 4.65. The molecule has 0 bridgehead atoms. The molecule has 1 atom stereocenters. The minimum Gasteiger partial charge on any atom is -0.443 e. The van der Waals surface area contributed by atoms with Gasteiger partial charge in [0.15, 0.2) is 0 Å². The van der Waals surface area contributed by atoms with Crippen LogP contribution in [0.3, 0.4) is 0 Å². The molecule has 1 spiro atoms. The molecule has 1 N–H and O–H groups in total. The fraction of sp³-hybridized carbons (Fsp3) is 0.370. The summed E-state index contributed by atoms with van der Waals surface area (Å²) in [6.45, 7) is 6.10. The summed E-state index contributed by atoms with van der Waals surface area (Å²) >= 11 is 0. The standard InChI is InChI=1S/C27H28N4O3/c1-26(2,3)34-25(33)31-23-7-5-4-6-18(23)15-27(31)12-13-30(24(27)32)19-9-10-20-17(14-19)8-11-22-21(20)16-28-29-22/h4-7,9-10,14,16H,8,11-13,15H2,1-3H3,(H,28,29). The number of aromatic amines is 1. The van der Waals surface area contributed by atoms with Crippen LogP contribution >= 0.6 is 0 Å². The summed E-state index contributed by atoms with van der Waals surface area (Å²) in [6.07, 6.45) is 4.31. The molecule has 3 aromatic rings.